The summed E-state index contributed by atoms with van der Waals surface area (Å²) in [7, 11) is 1.74. The largest absolute Gasteiger partial charge is 0.397 e. The van der Waals surface area contributed by atoms with Gasteiger partial charge in [0.15, 0.2) is 0 Å². The molecular weight excluding hydrogens is 238 g/mol. The van der Waals surface area contributed by atoms with Gasteiger partial charge < -0.3 is 15.8 Å². The Hall–Kier alpha value is -1.81. The van der Waals surface area contributed by atoms with Crippen molar-refractivity contribution >= 4 is 22.1 Å². The first kappa shape index (κ1) is 13.6. The van der Waals surface area contributed by atoms with Gasteiger partial charge in [-0.1, -0.05) is 6.07 Å². The van der Waals surface area contributed by atoms with E-state index in [0.29, 0.717) is 0 Å². The Morgan fingerprint density at radius 3 is 2.95 bits per heavy atom. The zero-order valence-electron chi connectivity index (χ0n) is 11.4. The van der Waals surface area contributed by atoms with E-state index >= 15 is 0 Å². The number of nitrogen functional groups attached to an aromatic ring is 1. The molecule has 0 radical (unpaired) electrons. The standard InChI is InChI=1S/C15H21N3O/c1-19-10-4-2-3-8-18-14-6-5-12-11-17-9-7-13(12)15(14)16/h5-7,9,11,18H,2-4,8,10,16H2,1H3. The predicted molar refractivity (Wildman–Crippen MR) is 80.4 cm³/mol. The molecule has 0 aliphatic carbocycles. The number of pyridine rings is 1. The minimum atomic E-state index is 0.803. The average molecular weight is 259 g/mol. The lowest BCUT2D eigenvalue weighted by molar-refractivity contribution is 0.192. The van der Waals surface area contributed by atoms with Gasteiger partial charge in [-0.25, -0.2) is 0 Å². The number of fused-ring (bicyclic) bond motifs is 1. The van der Waals surface area contributed by atoms with Crippen molar-refractivity contribution in [1.82, 2.24) is 4.98 Å². The summed E-state index contributed by atoms with van der Waals surface area (Å²) in [5, 5.41) is 5.53. The SMILES string of the molecule is COCCCCCNc1ccc2cnccc2c1N. The van der Waals surface area contributed by atoms with Gasteiger partial charge in [0, 0.05) is 43.4 Å². The first-order valence-electron chi connectivity index (χ1n) is 6.68. The van der Waals surface area contributed by atoms with Gasteiger partial charge in [-0.2, -0.15) is 0 Å². The monoisotopic (exact) mass is 259 g/mol. The van der Waals surface area contributed by atoms with Crippen molar-refractivity contribution in [1.29, 1.82) is 0 Å². The van der Waals surface area contributed by atoms with Crippen LogP contribution in [-0.2, 0) is 4.74 Å². The van der Waals surface area contributed by atoms with Gasteiger partial charge >= 0.3 is 0 Å². The molecule has 0 unspecified atom stereocenters. The number of hydrogen-bond donors (Lipinski definition) is 2. The molecule has 1 heterocycles. The van der Waals surface area contributed by atoms with E-state index < -0.39 is 0 Å². The summed E-state index contributed by atoms with van der Waals surface area (Å²) in [6.07, 6.45) is 7.00. The minimum absolute atomic E-state index is 0.803. The quantitative estimate of drug-likeness (QED) is 0.592. The molecule has 0 saturated heterocycles. The third-order valence-electron chi connectivity index (χ3n) is 3.20. The molecule has 0 aliphatic heterocycles. The van der Waals surface area contributed by atoms with Crippen molar-refractivity contribution in [3.05, 3.63) is 30.6 Å². The highest BCUT2D eigenvalue weighted by atomic mass is 16.5. The Morgan fingerprint density at radius 2 is 2.11 bits per heavy atom. The number of nitrogens with one attached hydrogen (secondary N) is 1. The molecule has 4 heteroatoms. The zero-order chi connectivity index (χ0) is 13.5. The summed E-state index contributed by atoms with van der Waals surface area (Å²) < 4.78 is 5.03. The zero-order valence-corrected chi connectivity index (χ0v) is 11.4. The van der Waals surface area contributed by atoms with Gasteiger partial charge in [0.05, 0.1) is 11.4 Å². The van der Waals surface area contributed by atoms with Crippen LogP contribution in [0.25, 0.3) is 10.8 Å². The second-order valence-corrected chi connectivity index (χ2v) is 4.60. The van der Waals surface area contributed by atoms with Crippen LogP contribution < -0.4 is 11.1 Å². The smallest absolute Gasteiger partial charge is 0.0630 e. The van der Waals surface area contributed by atoms with E-state index in [4.69, 9.17) is 10.5 Å². The number of unbranched alkanes of at least 4 members (excludes halogenated alkanes) is 2. The van der Waals surface area contributed by atoms with E-state index in [1.165, 1.54) is 0 Å². The number of benzene rings is 1. The minimum Gasteiger partial charge on any atom is -0.397 e. The van der Waals surface area contributed by atoms with Crippen LogP contribution in [0.5, 0.6) is 0 Å². The third kappa shape index (κ3) is 3.58. The molecule has 102 valence electrons. The fraction of sp³-hybridized carbons (Fsp3) is 0.400. The average Bonchev–Trinajstić information content (AvgIpc) is 2.45. The summed E-state index contributed by atoms with van der Waals surface area (Å²) in [4.78, 5) is 4.10. The van der Waals surface area contributed by atoms with E-state index in [0.717, 1.165) is 54.6 Å². The molecule has 1 aromatic heterocycles. The van der Waals surface area contributed by atoms with Crippen molar-refractivity contribution in [2.45, 2.75) is 19.3 Å². The number of nitrogens with zero attached hydrogens (tertiary/aromatic N) is 1. The molecule has 3 N–H and O–H groups in total. The second-order valence-electron chi connectivity index (χ2n) is 4.60. The highest BCUT2D eigenvalue weighted by molar-refractivity contribution is 5.98. The summed E-state index contributed by atoms with van der Waals surface area (Å²) in [6, 6.07) is 6.02. The molecule has 0 saturated carbocycles. The number of ether oxygens (including phenoxy) is 1. The molecule has 0 fully saturated rings. The topological polar surface area (TPSA) is 60.2 Å². The van der Waals surface area contributed by atoms with Crippen molar-refractivity contribution in [3.63, 3.8) is 0 Å². The molecular formula is C15H21N3O. The van der Waals surface area contributed by atoms with Gasteiger partial charge in [-0.15, -0.1) is 0 Å². The molecule has 0 amide bonds. The van der Waals surface area contributed by atoms with Crippen LogP contribution in [0.15, 0.2) is 30.6 Å². The van der Waals surface area contributed by atoms with Gasteiger partial charge in [-0.3, -0.25) is 4.98 Å². The Bertz CT molecular complexity index is 528. The lowest BCUT2D eigenvalue weighted by Gasteiger charge is -2.11. The molecule has 0 bridgehead atoms. The maximum absolute atomic E-state index is 6.17. The molecule has 0 atom stereocenters. The number of hydrogen-bond acceptors (Lipinski definition) is 4. The summed E-state index contributed by atoms with van der Waals surface area (Å²) >= 11 is 0. The molecule has 0 aliphatic rings. The molecule has 2 aromatic rings. The van der Waals surface area contributed by atoms with Crippen LogP contribution in [-0.4, -0.2) is 25.2 Å². The predicted octanol–water partition coefficient (Wildman–Crippen LogP) is 3.05. The lowest BCUT2D eigenvalue weighted by atomic mass is 10.1. The first-order valence-corrected chi connectivity index (χ1v) is 6.68. The molecule has 0 spiro atoms. The van der Waals surface area contributed by atoms with E-state index in [9.17, 15) is 0 Å². The number of anilines is 2. The van der Waals surface area contributed by atoms with Crippen molar-refractivity contribution in [3.8, 4) is 0 Å². The van der Waals surface area contributed by atoms with E-state index in [2.05, 4.69) is 10.3 Å². The Labute approximate surface area is 114 Å². The Kier molecular flexibility index (Phi) is 4.98. The van der Waals surface area contributed by atoms with Gasteiger partial charge in [0.25, 0.3) is 0 Å². The summed E-state index contributed by atoms with van der Waals surface area (Å²) in [5.41, 5.74) is 7.98. The van der Waals surface area contributed by atoms with Crippen LogP contribution in [0.2, 0.25) is 0 Å². The van der Waals surface area contributed by atoms with Crippen molar-refractivity contribution < 1.29 is 4.74 Å². The van der Waals surface area contributed by atoms with Crippen LogP contribution >= 0.6 is 0 Å². The number of aromatic nitrogens is 1. The highest BCUT2D eigenvalue weighted by Gasteiger charge is 2.03. The van der Waals surface area contributed by atoms with Crippen LogP contribution in [0, 0.1) is 0 Å². The van der Waals surface area contributed by atoms with Crippen molar-refractivity contribution in [2.75, 3.05) is 31.3 Å². The number of methoxy groups -OCH3 is 1. The van der Waals surface area contributed by atoms with Crippen LogP contribution in [0.1, 0.15) is 19.3 Å². The molecule has 1 aromatic carbocycles. The molecule has 2 rings (SSSR count). The maximum atomic E-state index is 6.17. The lowest BCUT2D eigenvalue weighted by Crippen LogP contribution is -2.05. The van der Waals surface area contributed by atoms with Gasteiger partial charge in [-0.05, 0) is 31.4 Å². The second kappa shape index (κ2) is 6.95. The fourth-order valence-corrected chi connectivity index (χ4v) is 2.12. The number of nitrogens with two attached hydrogens (primary N) is 1. The Balaban J connectivity index is 1.92. The van der Waals surface area contributed by atoms with Gasteiger partial charge in [0.2, 0.25) is 0 Å². The number of rotatable bonds is 7. The van der Waals surface area contributed by atoms with Gasteiger partial charge in [0.1, 0.15) is 0 Å². The molecule has 4 nitrogen and oxygen atoms in total. The summed E-state index contributed by atoms with van der Waals surface area (Å²) in [5.74, 6) is 0. The van der Waals surface area contributed by atoms with Crippen LogP contribution in [0.4, 0.5) is 11.4 Å². The normalized spacial score (nSPS) is 10.8. The Morgan fingerprint density at radius 1 is 1.21 bits per heavy atom. The highest BCUT2D eigenvalue weighted by Crippen LogP contribution is 2.27. The first-order chi connectivity index (χ1) is 9.33. The third-order valence-corrected chi connectivity index (χ3v) is 3.20. The van der Waals surface area contributed by atoms with Crippen LogP contribution in [0.3, 0.4) is 0 Å². The summed E-state index contributed by atoms with van der Waals surface area (Å²) in [6.45, 7) is 1.77. The van der Waals surface area contributed by atoms with E-state index in [1.807, 2.05) is 24.4 Å². The van der Waals surface area contributed by atoms with E-state index in [1.54, 1.807) is 13.3 Å². The van der Waals surface area contributed by atoms with Crippen molar-refractivity contribution in [2.24, 2.45) is 0 Å². The molecule has 19 heavy (non-hydrogen) atoms. The maximum Gasteiger partial charge on any atom is 0.0630 e. The fourth-order valence-electron chi connectivity index (χ4n) is 2.12. The van der Waals surface area contributed by atoms with E-state index in [-0.39, 0.29) is 0 Å².